The molecular formula is C13H17N5O2. The summed E-state index contributed by atoms with van der Waals surface area (Å²) in [6, 6.07) is 2.96. The first-order chi connectivity index (χ1) is 9.55. The SMILES string of the molecule is CCn1cc(N)c(C(=O)Nc2ccc(=O)n(CC)c2)n1. The van der Waals surface area contributed by atoms with E-state index in [-0.39, 0.29) is 11.3 Å². The number of rotatable bonds is 4. The Balaban J connectivity index is 2.23. The number of hydrogen-bond donors (Lipinski definition) is 2. The van der Waals surface area contributed by atoms with Gasteiger partial charge in [-0.05, 0) is 19.9 Å². The van der Waals surface area contributed by atoms with Gasteiger partial charge in [0.05, 0.1) is 11.4 Å². The predicted octanol–water partition coefficient (Wildman–Crippen LogP) is 0.919. The maximum Gasteiger partial charge on any atom is 0.278 e. The lowest BCUT2D eigenvalue weighted by molar-refractivity contribution is 0.102. The van der Waals surface area contributed by atoms with Crippen molar-refractivity contribution in [1.29, 1.82) is 0 Å². The van der Waals surface area contributed by atoms with Crippen LogP contribution in [0.4, 0.5) is 11.4 Å². The van der Waals surface area contributed by atoms with Crippen molar-refractivity contribution in [3.8, 4) is 0 Å². The minimum absolute atomic E-state index is 0.111. The molecule has 20 heavy (non-hydrogen) atoms. The molecule has 0 spiro atoms. The minimum atomic E-state index is -0.393. The highest BCUT2D eigenvalue weighted by Gasteiger charge is 2.15. The number of nitrogens with zero attached hydrogens (tertiary/aromatic N) is 3. The second-order valence-electron chi connectivity index (χ2n) is 4.28. The molecule has 2 aromatic rings. The molecule has 0 atom stereocenters. The average Bonchev–Trinajstić information content (AvgIpc) is 2.82. The highest BCUT2D eigenvalue weighted by atomic mass is 16.2. The van der Waals surface area contributed by atoms with Crippen molar-refractivity contribution in [3.05, 3.63) is 40.6 Å². The maximum absolute atomic E-state index is 12.1. The van der Waals surface area contributed by atoms with Crippen LogP contribution < -0.4 is 16.6 Å². The molecule has 0 bridgehead atoms. The lowest BCUT2D eigenvalue weighted by Gasteiger charge is -2.07. The molecule has 0 saturated carbocycles. The van der Waals surface area contributed by atoms with Gasteiger partial charge in [0.2, 0.25) is 0 Å². The zero-order valence-electron chi connectivity index (χ0n) is 11.5. The third-order valence-electron chi connectivity index (χ3n) is 2.91. The summed E-state index contributed by atoms with van der Waals surface area (Å²) in [6.07, 6.45) is 3.20. The molecule has 2 aromatic heterocycles. The van der Waals surface area contributed by atoms with Crippen molar-refractivity contribution in [2.24, 2.45) is 0 Å². The van der Waals surface area contributed by atoms with Crippen molar-refractivity contribution >= 4 is 17.3 Å². The predicted molar refractivity (Wildman–Crippen MR) is 76.6 cm³/mol. The highest BCUT2D eigenvalue weighted by molar-refractivity contribution is 6.06. The molecule has 106 valence electrons. The van der Waals surface area contributed by atoms with E-state index in [0.717, 1.165) is 0 Å². The van der Waals surface area contributed by atoms with Crippen molar-refractivity contribution in [2.75, 3.05) is 11.1 Å². The first kappa shape index (κ1) is 13.9. The summed E-state index contributed by atoms with van der Waals surface area (Å²) in [5.41, 5.74) is 6.68. The number of pyridine rings is 1. The molecule has 0 fully saturated rings. The molecule has 0 aliphatic rings. The lowest BCUT2D eigenvalue weighted by atomic mass is 10.3. The topological polar surface area (TPSA) is 94.9 Å². The molecule has 0 aliphatic carbocycles. The fourth-order valence-electron chi connectivity index (χ4n) is 1.82. The van der Waals surface area contributed by atoms with Gasteiger partial charge >= 0.3 is 0 Å². The number of nitrogen functional groups attached to an aromatic ring is 1. The van der Waals surface area contributed by atoms with Crippen molar-refractivity contribution < 1.29 is 4.79 Å². The van der Waals surface area contributed by atoms with Crippen LogP contribution in [0.5, 0.6) is 0 Å². The first-order valence-electron chi connectivity index (χ1n) is 6.40. The van der Waals surface area contributed by atoms with Crippen LogP contribution in [-0.4, -0.2) is 20.3 Å². The van der Waals surface area contributed by atoms with Crippen LogP contribution in [0.1, 0.15) is 24.3 Å². The monoisotopic (exact) mass is 275 g/mol. The summed E-state index contributed by atoms with van der Waals surface area (Å²) in [7, 11) is 0. The van der Waals surface area contributed by atoms with E-state index >= 15 is 0 Å². The lowest BCUT2D eigenvalue weighted by Crippen LogP contribution is -2.20. The third kappa shape index (κ3) is 2.71. The van der Waals surface area contributed by atoms with E-state index in [4.69, 9.17) is 5.73 Å². The summed E-state index contributed by atoms with van der Waals surface area (Å²) >= 11 is 0. The fourth-order valence-corrected chi connectivity index (χ4v) is 1.82. The van der Waals surface area contributed by atoms with E-state index < -0.39 is 5.91 Å². The number of carbonyl (C=O) groups is 1. The second kappa shape index (κ2) is 5.60. The molecule has 0 saturated heterocycles. The van der Waals surface area contributed by atoms with Crippen molar-refractivity contribution in [3.63, 3.8) is 0 Å². The average molecular weight is 275 g/mol. The molecule has 1 amide bonds. The molecule has 0 radical (unpaired) electrons. The number of carbonyl (C=O) groups excluding carboxylic acids is 1. The largest absolute Gasteiger partial charge is 0.396 e. The van der Waals surface area contributed by atoms with Crippen LogP contribution >= 0.6 is 0 Å². The number of nitrogens with two attached hydrogens (primary N) is 1. The van der Waals surface area contributed by atoms with Gasteiger partial charge in [0, 0.05) is 31.5 Å². The number of nitrogens with one attached hydrogen (secondary N) is 1. The zero-order valence-corrected chi connectivity index (χ0v) is 11.5. The van der Waals surface area contributed by atoms with Gasteiger partial charge in [-0.25, -0.2) is 0 Å². The van der Waals surface area contributed by atoms with E-state index in [1.807, 2.05) is 13.8 Å². The number of aryl methyl sites for hydroxylation is 2. The number of anilines is 2. The Morgan fingerprint density at radius 2 is 2.05 bits per heavy atom. The molecule has 3 N–H and O–H groups in total. The van der Waals surface area contributed by atoms with Gasteiger partial charge in [-0.2, -0.15) is 5.10 Å². The maximum atomic E-state index is 12.1. The number of hydrogen-bond acceptors (Lipinski definition) is 4. The molecule has 0 unspecified atom stereocenters. The Hall–Kier alpha value is -2.57. The van der Waals surface area contributed by atoms with Crippen LogP contribution in [0.3, 0.4) is 0 Å². The molecule has 7 nitrogen and oxygen atoms in total. The van der Waals surface area contributed by atoms with Gasteiger partial charge in [-0.3, -0.25) is 14.3 Å². The van der Waals surface area contributed by atoms with Crippen LogP contribution in [-0.2, 0) is 13.1 Å². The van der Waals surface area contributed by atoms with Gasteiger partial charge < -0.3 is 15.6 Å². The molecule has 2 rings (SSSR count). The highest BCUT2D eigenvalue weighted by Crippen LogP contribution is 2.12. The standard InChI is InChI=1S/C13H17N5O2/c1-3-17-7-9(5-6-11(17)19)15-13(20)12-10(14)8-18(4-2)16-12/h5-8H,3-4,14H2,1-2H3,(H,15,20). The van der Waals surface area contributed by atoms with Crippen LogP contribution in [0.15, 0.2) is 29.3 Å². The Kier molecular flexibility index (Phi) is 3.88. The molecule has 2 heterocycles. The Bertz CT molecular complexity index is 686. The van der Waals surface area contributed by atoms with Gasteiger partial charge in [0.25, 0.3) is 11.5 Å². The normalized spacial score (nSPS) is 10.5. The van der Waals surface area contributed by atoms with E-state index in [1.54, 1.807) is 23.1 Å². The van der Waals surface area contributed by atoms with Crippen LogP contribution in [0, 0.1) is 0 Å². The molecule has 7 heteroatoms. The summed E-state index contributed by atoms with van der Waals surface area (Å²) in [4.78, 5) is 23.6. The number of aromatic nitrogens is 3. The molecule has 0 aliphatic heterocycles. The van der Waals surface area contributed by atoms with Crippen LogP contribution in [0.25, 0.3) is 0 Å². The van der Waals surface area contributed by atoms with Gasteiger partial charge in [0.15, 0.2) is 5.69 Å². The van der Waals surface area contributed by atoms with E-state index in [9.17, 15) is 9.59 Å². The Labute approximate surface area is 116 Å². The van der Waals surface area contributed by atoms with E-state index in [1.165, 1.54) is 10.6 Å². The molecular weight excluding hydrogens is 258 g/mol. The smallest absolute Gasteiger partial charge is 0.278 e. The van der Waals surface area contributed by atoms with Crippen molar-refractivity contribution in [1.82, 2.24) is 14.3 Å². The third-order valence-corrected chi connectivity index (χ3v) is 2.91. The first-order valence-corrected chi connectivity index (χ1v) is 6.40. The zero-order chi connectivity index (χ0) is 14.7. The minimum Gasteiger partial charge on any atom is -0.396 e. The van der Waals surface area contributed by atoms with E-state index in [0.29, 0.717) is 24.5 Å². The van der Waals surface area contributed by atoms with Gasteiger partial charge in [0.1, 0.15) is 0 Å². The second-order valence-corrected chi connectivity index (χ2v) is 4.28. The quantitative estimate of drug-likeness (QED) is 0.867. The summed E-state index contributed by atoms with van der Waals surface area (Å²) in [5, 5.41) is 6.78. The molecule has 0 aromatic carbocycles. The fraction of sp³-hybridized carbons (Fsp3) is 0.308. The number of amides is 1. The Morgan fingerprint density at radius 1 is 1.30 bits per heavy atom. The summed E-state index contributed by atoms with van der Waals surface area (Å²) in [6.45, 7) is 4.94. The van der Waals surface area contributed by atoms with Gasteiger partial charge in [-0.15, -0.1) is 0 Å². The van der Waals surface area contributed by atoms with Crippen LogP contribution in [0.2, 0.25) is 0 Å². The van der Waals surface area contributed by atoms with Gasteiger partial charge in [-0.1, -0.05) is 0 Å². The van der Waals surface area contributed by atoms with E-state index in [2.05, 4.69) is 10.4 Å². The Morgan fingerprint density at radius 3 is 2.65 bits per heavy atom. The summed E-state index contributed by atoms with van der Waals surface area (Å²) in [5.74, 6) is -0.393. The summed E-state index contributed by atoms with van der Waals surface area (Å²) < 4.78 is 3.10. The van der Waals surface area contributed by atoms with Crippen molar-refractivity contribution in [2.45, 2.75) is 26.9 Å².